The standard InChI is InChI=1S/C16H24N2O5S/c1-22-14-6-5-13(11-15(14)23-2)12-16(19)17-7-10-24(20,21)18-8-3-4-9-18/h5-6,11H,3-4,7-10,12H2,1-2H3,(H,17,19). The van der Waals surface area contributed by atoms with Crippen molar-refractivity contribution in [3.8, 4) is 11.5 Å². The summed E-state index contributed by atoms with van der Waals surface area (Å²) in [5.74, 6) is 0.863. The predicted octanol–water partition coefficient (Wildman–Crippen LogP) is 0.788. The summed E-state index contributed by atoms with van der Waals surface area (Å²) in [5.41, 5.74) is 0.771. The first kappa shape index (κ1) is 18.5. The Kier molecular flexibility index (Phi) is 6.44. The number of carbonyl (C=O) groups excluding carboxylic acids is 1. The number of amides is 1. The second-order valence-corrected chi connectivity index (χ2v) is 7.73. The molecule has 1 amide bonds. The normalized spacial score (nSPS) is 15.2. The van der Waals surface area contributed by atoms with Gasteiger partial charge in [-0.3, -0.25) is 4.79 Å². The molecule has 1 aliphatic rings. The fourth-order valence-corrected chi connectivity index (χ4v) is 4.09. The summed E-state index contributed by atoms with van der Waals surface area (Å²) in [7, 11) is -0.187. The van der Waals surface area contributed by atoms with Gasteiger partial charge in [-0.25, -0.2) is 12.7 Å². The minimum Gasteiger partial charge on any atom is -0.493 e. The van der Waals surface area contributed by atoms with E-state index in [4.69, 9.17) is 9.47 Å². The Morgan fingerprint density at radius 2 is 1.83 bits per heavy atom. The number of ether oxygens (including phenoxy) is 2. The lowest BCUT2D eigenvalue weighted by atomic mass is 10.1. The fourth-order valence-electron chi connectivity index (χ4n) is 2.65. The average Bonchev–Trinajstić information content (AvgIpc) is 3.10. The minimum absolute atomic E-state index is 0.0648. The number of sulfonamides is 1. The molecule has 0 aliphatic carbocycles. The highest BCUT2D eigenvalue weighted by molar-refractivity contribution is 7.89. The van der Waals surface area contributed by atoms with Crippen molar-refractivity contribution >= 4 is 15.9 Å². The van der Waals surface area contributed by atoms with Gasteiger partial charge in [0.2, 0.25) is 15.9 Å². The molecule has 7 nitrogen and oxygen atoms in total. The molecule has 1 fully saturated rings. The van der Waals surface area contributed by atoms with E-state index in [1.165, 1.54) is 11.4 Å². The predicted molar refractivity (Wildman–Crippen MR) is 90.9 cm³/mol. The van der Waals surface area contributed by atoms with Gasteiger partial charge in [-0.1, -0.05) is 6.07 Å². The van der Waals surface area contributed by atoms with Crippen molar-refractivity contribution in [3.05, 3.63) is 23.8 Å². The van der Waals surface area contributed by atoms with E-state index in [0.717, 1.165) is 18.4 Å². The lowest BCUT2D eigenvalue weighted by Crippen LogP contribution is -2.36. The first-order chi connectivity index (χ1) is 11.5. The first-order valence-corrected chi connectivity index (χ1v) is 9.52. The first-order valence-electron chi connectivity index (χ1n) is 7.91. The molecular formula is C16H24N2O5S. The summed E-state index contributed by atoms with van der Waals surface area (Å²) >= 11 is 0. The van der Waals surface area contributed by atoms with Gasteiger partial charge in [0.15, 0.2) is 11.5 Å². The summed E-state index contributed by atoms with van der Waals surface area (Å²) in [6, 6.07) is 5.25. The smallest absolute Gasteiger partial charge is 0.224 e. The quantitative estimate of drug-likeness (QED) is 0.744. The summed E-state index contributed by atoms with van der Waals surface area (Å²) in [5, 5.41) is 2.66. The van der Waals surface area contributed by atoms with Crippen LogP contribution in [0.5, 0.6) is 11.5 Å². The summed E-state index contributed by atoms with van der Waals surface area (Å²) in [6.45, 7) is 1.29. The highest BCUT2D eigenvalue weighted by atomic mass is 32.2. The van der Waals surface area contributed by atoms with E-state index < -0.39 is 10.0 Å². The lowest BCUT2D eigenvalue weighted by molar-refractivity contribution is -0.120. The molecule has 1 aliphatic heterocycles. The van der Waals surface area contributed by atoms with Crippen molar-refractivity contribution in [1.82, 2.24) is 9.62 Å². The third-order valence-electron chi connectivity index (χ3n) is 3.95. The molecule has 2 rings (SSSR count). The second-order valence-electron chi connectivity index (χ2n) is 5.64. The van der Waals surface area contributed by atoms with Crippen LogP contribution in [0.4, 0.5) is 0 Å². The molecule has 24 heavy (non-hydrogen) atoms. The largest absolute Gasteiger partial charge is 0.493 e. The molecule has 0 bridgehead atoms. The Morgan fingerprint density at radius 1 is 1.17 bits per heavy atom. The topological polar surface area (TPSA) is 84.9 Å². The summed E-state index contributed by atoms with van der Waals surface area (Å²) < 4.78 is 36.0. The van der Waals surface area contributed by atoms with Crippen molar-refractivity contribution in [2.24, 2.45) is 0 Å². The van der Waals surface area contributed by atoms with Crippen LogP contribution in [0.15, 0.2) is 18.2 Å². The van der Waals surface area contributed by atoms with Crippen molar-refractivity contribution in [2.45, 2.75) is 19.3 Å². The maximum atomic E-state index is 12.1. The van der Waals surface area contributed by atoms with Crippen LogP contribution in [-0.4, -0.2) is 58.2 Å². The number of nitrogens with one attached hydrogen (secondary N) is 1. The van der Waals surface area contributed by atoms with Crippen LogP contribution < -0.4 is 14.8 Å². The number of hydrogen-bond donors (Lipinski definition) is 1. The second kappa shape index (κ2) is 8.34. The van der Waals surface area contributed by atoms with E-state index >= 15 is 0 Å². The van der Waals surface area contributed by atoms with Gasteiger partial charge in [-0.2, -0.15) is 0 Å². The van der Waals surface area contributed by atoms with E-state index in [-0.39, 0.29) is 24.6 Å². The molecule has 1 heterocycles. The maximum absolute atomic E-state index is 12.1. The van der Waals surface area contributed by atoms with Gasteiger partial charge in [0.05, 0.1) is 26.4 Å². The zero-order valence-electron chi connectivity index (χ0n) is 14.1. The van der Waals surface area contributed by atoms with Gasteiger partial charge < -0.3 is 14.8 Å². The molecule has 1 aromatic carbocycles. The lowest BCUT2D eigenvalue weighted by Gasteiger charge is -2.15. The molecule has 0 unspecified atom stereocenters. The van der Waals surface area contributed by atoms with E-state index in [0.29, 0.717) is 24.6 Å². The number of nitrogens with zero attached hydrogens (tertiary/aromatic N) is 1. The number of methoxy groups -OCH3 is 2. The Labute approximate surface area is 143 Å². The molecule has 1 saturated heterocycles. The fraction of sp³-hybridized carbons (Fsp3) is 0.562. The van der Waals surface area contributed by atoms with Crippen molar-refractivity contribution in [1.29, 1.82) is 0 Å². The summed E-state index contributed by atoms with van der Waals surface area (Å²) in [6.07, 6.45) is 1.97. The van der Waals surface area contributed by atoms with Crippen molar-refractivity contribution < 1.29 is 22.7 Å². The molecule has 0 aromatic heterocycles. The molecule has 1 aromatic rings. The van der Waals surface area contributed by atoms with Crippen LogP contribution in [0.25, 0.3) is 0 Å². The Bertz CT molecular complexity index is 669. The van der Waals surface area contributed by atoms with Gasteiger partial charge in [0, 0.05) is 19.6 Å². The number of carbonyl (C=O) groups is 1. The number of benzene rings is 1. The van der Waals surface area contributed by atoms with Gasteiger partial charge in [0.1, 0.15) is 0 Å². The average molecular weight is 356 g/mol. The molecule has 8 heteroatoms. The van der Waals surface area contributed by atoms with E-state index in [9.17, 15) is 13.2 Å². The van der Waals surface area contributed by atoms with Crippen LogP contribution in [0, 0.1) is 0 Å². The highest BCUT2D eigenvalue weighted by Crippen LogP contribution is 2.27. The Morgan fingerprint density at radius 3 is 2.46 bits per heavy atom. The monoisotopic (exact) mass is 356 g/mol. The van der Waals surface area contributed by atoms with Crippen LogP contribution in [0.1, 0.15) is 18.4 Å². The van der Waals surface area contributed by atoms with Gasteiger partial charge in [-0.05, 0) is 30.5 Å². The Hall–Kier alpha value is -1.80. The van der Waals surface area contributed by atoms with E-state index in [2.05, 4.69) is 5.32 Å². The van der Waals surface area contributed by atoms with Crippen LogP contribution in [0.3, 0.4) is 0 Å². The van der Waals surface area contributed by atoms with E-state index in [1.807, 2.05) is 0 Å². The number of rotatable bonds is 8. The third-order valence-corrected chi connectivity index (χ3v) is 5.83. The molecule has 1 N–H and O–H groups in total. The minimum atomic E-state index is -3.27. The SMILES string of the molecule is COc1ccc(CC(=O)NCCS(=O)(=O)N2CCCC2)cc1OC. The van der Waals surface area contributed by atoms with Crippen molar-refractivity contribution in [2.75, 3.05) is 39.6 Å². The zero-order valence-corrected chi connectivity index (χ0v) is 14.9. The van der Waals surface area contributed by atoms with Gasteiger partial charge in [0.25, 0.3) is 0 Å². The maximum Gasteiger partial charge on any atom is 0.224 e. The molecule has 0 spiro atoms. The number of hydrogen-bond acceptors (Lipinski definition) is 5. The van der Waals surface area contributed by atoms with E-state index in [1.54, 1.807) is 25.3 Å². The van der Waals surface area contributed by atoms with Crippen LogP contribution in [-0.2, 0) is 21.2 Å². The van der Waals surface area contributed by atoms with Gasteiger partial charge in [-0.15, -0.1) is 0 Å². The molecule has 0 radical (unpaired) electrons. The molecule has 0 saturated carbocycles. The van der Waals surface area contributed by atoms with Crippen LogP contribution in [0.2, 0.25) is 0 Å². The van der Waals surface area contributed by atoms with Gasteiger partial charge >= 0.3 is 0 Å². The van der Waals surface area contributed by atoms with Crippen molar-refractivity contribution in [3.63, 3.8) is 0 Å². The summed E-state index contributed by atoms with van der Waals surface area (Å²) in [4.78, 5) is 12.0. The molecule has 134 valence electrons. The third kappa shape index (κ3) is 4.85. The Balaban J connectivity index is 1.83. The van der Waals surface area contributed by atoms with Crippen LogP contribution >= 0.6 is 0 Å². The molecule has 0 atom stereocenters. The highest BCUT2D eigenvalue weighted by Gasteiger charge is 2.24. The zero-order chi connectivity index (χ0) is 17.6. The molecular weight excluding hydrogens is 332 g/mol.